The Morgan fingerprint density at radius 1 is 1.41 bits per heavy atom. The minimum absolute atomic E-state index is 0.0271. The molecule has 1 heterocycles. The first-order chi connectivity index (χ1) is 8.16. The molecule has 1 aromatic heterocycles. The van der Waals surface area contributed by atoms with Crippen LogP contribution in [0.5, 0.6) is 5.75 Å². The first kappa shape index (κ1) is 11.7. The van der Waals surface area contributed by atoms with Crippen LogP contribution in [0.2, 0.25) is 0 Å². The summed E-state index contributed by atoms with van der Waals surface area (Å²) in [6.45, 7) is 0.314. The van der Waals surface area contributed by atoms with E-state index in [4.69, 9.17) is 20.3 Å². The number of halogens is 1. The minimum atomic E-state index is -0.0271. The zero-order chi connectivity index (χ0) is 12.3. The molecule has 0 radical (unpaired) electrons. The number of nitrogen functional groups attached to an aromatic ring is 1. The van der Waals surface area contributed by atoms with Gasteiger partial charge in [0, 0.05) is 4.47 Å². The van der Waals surface area contributed by atoms with E-state index in [0.29, 0.717) is 17.9 Å². The van der Waals surface area contributed by atoms with E-state index in [1.807, 2.05) is 12.1 Å². The van der Waals surface area contributed by atoms with Gasteiger partial charge in [-0.3, -0.25) is 5.41 Å². The number of nitrogens with one attached hydrogen (secondary N) is 1. The molecule has 0 saturated carbocycles. The molecule has 0 fully saturated rings. The Balaban J connectivity index is 2.17. The van der Waals surface area contributed by atoms with Gasteiger partial charge in [0.05, 0.1) is 11.8 Å². The number of nitrogens with two attached hydrogens (primary N) is 1. The lowest BCUT2D eigenvalue weighted by atomic mass is 10.2. The van der Waals surface area contributed by atoms with E-state index >= 15 is 0 Å². The molecule has 0 saturated heterocycles. The second kappa shape index (κ2) is 5.05. The molecule has 4 nitrogen and oxygen atoms in total. The molecule has 88 valence electrons. The Bertz CT molecular complexity index is 523. The second-order valence-electron chi connectivity index (χ2n) is 3.42. The van der Waals surface area contributed by atoms with Crippen molar-refractivity contribution in [2.24, 2.45) is 5.73 Å². The molecule has 0 unspecified atom stereocenters. The lowest BCUT2D eigenvalue weighted by molar-refractivity contribution is 0.270. The maximum absolute atomic E-state index is 7.48. The third-order valence-corrected chi connectivity index (χ3v) is 2.68. The normalized spacial score (nSPS) is 10.2. The van der Waals surface area contributed by atoms with Crippen LogP contribution in [-0.2, 0) is 6.61 Å². The molecule has 0 aliphatic carbocycles. The van der Waals surface area contributed by atoms with Crippen LogP contribution < -0.4 is 10.5 Å². The lowest BCUT2D eigenvalue weighted by Gasteiger charge is -2.09. The molecule has 17 heavy (non-hydrogen) atoms. The van der Waals surface area contributed by atoms with E-state index in [1.54, 1.807) is 24.5 Å². The highest BCUT2D eigenvalue weighted by atomic mass is 79.9. The van der Waals surface area contributed by atoms with Gasteiger partial charge in [0.2, 0.25) is 0 Å². The maximum Gasteiger partial charge on any atom is 0.146 e. The van der Waals surface area contributed by atoms with Crippen molar-refractivity contribution in [1.29, 1.82) is 5.41 Å². The highest BCUT2D eigenvalue weighted by Gasteiger charge is 2.08. The summed E-state index contributed by atoms with van der Waals surface area (Å²) in [5, 5.41) is 7.48. The van der Waals surface area contributed by atoms with E-state index in [1.165, 1.54) is 0 Å². The third-order valence-electron chi connectivity index (χ3n) is 2.18. The Morgan fingerprint density at radius 3 is 2.88 bits per heavy atom. The van der Waals surface area contributed by atoms with Crippen LogP contribution in [0.25, 0.3) is 0 Å². The fraction of sp³-hybridized carbons (Fsp3) is 0.0833. The molecule has 0 aliphatic rings. The van der Waals surface area contributed by atoms with E-state index in [2.05, 4.69) is 15.9 Å². The summed E-state index contributed by atoms with van der Waals surface area (Å²) in [5.74, 6) is 1.26. The van der Waals surface area contributed by atoms with Crippen LogP contribution in [-0.4, -0.2) is 5.84 Å². The fourth-order valence-corrected chi connectivity index (χ4v) is 1.74. The van der Waals surface area contributed by atoms with Crippen LogP contribution >= 0.6 is 15.9 Å². The molecule has 2 rings (SSSR count). The van der Waals surface area contributed by atoms with Crippen LogP contribution in [0.4, 0.5) is 0 Å². The van der Waals surface area contributed by atoms with Gasteiger partial charge in [0.25, 0.3) is 0 Å². The number of furan rings is 1. The van der Waals surface area contributed by atoms with E-state index in [0.717, 1.165) is 10.2 Å². The number of benzene rings is 1. The van der Waals surface area contributed by atoms with Crippen LogP contribution in [0, 0.1) is 5.41 Å². The molecule has 0 amide bonds. The van der Waals surface area contributed by atoms with Crippen molar-refractivity contribution in [3.63, 3.8) is 0 Å². The predicted octanol–water partition coefficient (Wildman–Crippen LogP) is 2.91. The Hall–Kier alpha value is -1.75. The number of hydrogen-bond donors (Lipinski definition) is 2. The number of amidine groups is 1. The zero-order valence-electron chi connectivity index (χ0n) is 8.94. The van der Waals surface area contributed by atoms with E-state index in [9.17, 15) is 0 Å². The van der Waals surface area contributed by atoms with Crippen LogP contribution in [0.1, 0.15) is 11.3 Å². The summed E-state index contributed by atoms with van der Waals surface area (Å²) in [6, 6.07) is 8.98. The van der Waals surface area contributed by atoms with Gasteiger partial charge < -0.3 is 14.9 Å². The summed E-state index contributed by atoms with van der Waals surface area (Å²) >= 11 is 3.33. The maximum atomic E-state index is 7.48. The summed E-state index contributed by atoms with van der Waals surface area (Å²) < 4.78 is 11.6. The average Bonchev–Trinajstić information content (AvgIpc) is 2.80. The Kier molecular flexibility index (Phi) is 3.49. The molecule has 0 aliphatic heterocycles. The molecule has 1 aromatic carbocycles. The number of hydrogen-bond acceptors (Lipinski definition) is 3. The van der Waals surface area contributed by atoms with E-state index < -0.39 is 0 Å². The first-order valence-electron chi connectivity index (χ1n) is 4.96. The van der Waals surface area contributed by atoms with Crippen molar-refractivity contribution in [2.45, 2.75) is 6.61 Å². The van der Waals surface area contributed by atoms with Gasteiger partial charge in [-0.15, -0.1) is 0 Å². The monoisotopic (exact) mass is 294 g/mol. The predicted molar refractivity (Wildman–Crippen MR) is 68.2 cm³/mol. The third kappa shape index (κ3) is 2.88. The van der Waals surface area contributed by atoms with Crippen molar-refractivity contribution in [1.82, 2.24) is 0 Å². The molecule has 5 heteroatoms. The summed E-state index contributed by atoms with van der Waals surface area (Å²) in [6.07, 6.45) is 1.59. The highest BCUT2D eigenvalue weighted by Crippen LogP contribution is 2.23. The summed E-state index contributed by atoms with van der Waals surface area (Å²) in [5.41, 5.74) is 6.05. The topological polar surface area (TPSA) is 72.2 Å². The zero-order valence-corrected chi connectivity index (χ0v) is 10.5. The van der Waals surface area contributed by atoms with Gasteiger partial charge in [-0.25, -0.2) is 0 Å². The van der Waals surface area contributed by atoms with Crippen LogP contribution in [0.15, 0.2) is 45.5 Å². The largest absolute Gasteiger partial charge is 0.485 e. The van der Waals surface area contributed by atoms with Gasteiger partial charge >= 0.3 is 0 Å². The quantitative estimate of drug-likeness (QED) is 0.673. The summed E-state index contributed by atoms with van der Waals surface area (Å²) in [4.78, 5) is 0. The second-order valence-corrected chi connectivity index (χ2v) is 4.34. The standard InChI is InChI=1S/C12H11BrN2O2/c13-8-3-4-11(10(6-8)12(14)15)17-7-9-2-1-5-16-9/h1-6H,7H2,(H3,14,15). The van der Waals surface area contributed by atoms with Gasteiger partial charge in [-0.05, 0) is 30.3 Å². The van der Waals surface area contributed by atoms with Gasteiger partial charge in [0.1, 0.15) is 24.0 Å². The molecule has 0 atom stereocenters. The Labute approximate surface area is 107 Å². The average molecular weight is 295 g/mol. The van der Waals surface area contributed by atoms with Crippen molar-refractivity contribution < 1.29 is 9.15 Å². The van der Waals surface area contributed by atoms with Crippen molar-refractivity contribution in [2.75, 3.05) is 0 Å². The van der Waals surface area contributed by atoms with Crippen molar-refractivity contribution in [3.8, 4) is 5.75 Å². The van der Waals surface area contributed by atoms with E-state index in [-0.39, 0.29) is 5.84 Å². The molecular weight excluding hydrogens is 284 g/mol. The molecular formula is C12H11BrN2O2. The lowest BCUT2D eigenvalue weighted by Crippen LogP contribution is -2.13. The first-order valence-corrected chi connectivity index (χ1v) is 5.75. The van der Waals surface area contributed by atoms with Gasteiger partial charge in [-0.1, -0.05) is 15.9 Å². The fourth-order valence-electron chi connectivity index (χ4n) is 1.38. The summed E-state index contributed by atoms with van der Waals surface area (Å²) in [7, 11) is 0. The molecule has 2 aromatic rings. The van der Waals surface area contributed by atoms with Crippen LogP contribution in [0.3, 0.4) is 0 Å². The minimum Gasteiger partial charge on any atom is -0.485 e. The van der Waals surface area contributed by atoms with Gasteiger partial charge in [-0.2, -0.15) is 0 Å². The van der Waals surface area contributed by atoms with Crippen molar-refractivity contribution in [3.05, 3.63) is 52.4 Å². The van der Waals surface area contributed by atoms with Crippen molar-refractivity contribution >= 4 is 21.8 Å². The molecule has 0 bridgehead atoms. The highest BCUT2D eigenvalue weighted by molar-refractivity contribution is 9.10. The number of ether oxygens (including phenoxy) is 1. The SMILES string of the molecule is N=C(N)c1cc(Br)ccc1OCc1ccco1. The van der Waals surface area contributed by atoms with Gasteiger partial charge in [0.15, 0.2) is 0 Å². The smallest absolute Gasteiger partial charge is 0.146 e. The molecule has 3 N–H and O–H groups in total. The number of rotatable bonds is 4. The Morgan fingerprint density at radius 2 is 2.24 bits per heavy atom. The molecule has 0 spiro atoms.